The van der Waals surface area contributed by atoms with Gasteiger partial charge < -0.3 is 15.2 Å². The van der Waals surface area contributed by atoms with Gasteiger partial charge in [0.05, 0.1) is 12.7 Å². The molecule has 0 amide bonds. The highest BCUT2D eigenvalue weighted by Crippen LogP contribution is 2.09. The highest BCUT2D eigenvalue weighted by molar-refractivity contribution is 4.79. The molecular formula is C16H34N2O2. The van der Waals surface area contributed by atoms with Crippen molar-refractivity contribution in [2.24, 2.45) is 5.92 Å². The third kappa shape index (κ3) is 8.20. The minimum absolute atomic E-state index is 0.369. The average molecular weight is 286 g/mol. The van der Waals surface area contributed by atoms with E-state index in [1.807, 2.05) is 0 Å². The molecule has 0 spiro atoms. The van der Waals surface area contributed by atoms with Gasteiger partial charge in [0.25, 0.3) is 0 Å². The summed E-state index contributed by atoms with van der Waals surface area (Å²) in [5, 5.41) is 13.7. The molecule has 1 rings (SSSR count). The van der Waals surface area contributed by atoms with Crippen LogP contribution in [0, 0.1) is 5.92 Å². The summed E-state index contributed by atoms with van der Waals surface area (Å²) in [6.07, 6.45) is 4.39. The number of rotatable bonds is 11. The first-order valence-electron chi connectivity index (χ1n) is 8.33. The topological polar surface area (TPSA) is 44.7 Å². The lowest BCUT2D eigenvalue weighted by molar-refractivity contribution is 0.0127. The molecule has 0 aromatic carbocycles. The van der Waals surface area contributed by atoms with Crippen molar-refractivity contribution in [3.05, 3.63) is 0 Å². The molecule has 2 atom stereocenters. The quantitative estimate of drug-likeness (QED) is 0.569. The first-order valence-corrected chi connectivity index (χ1v) is 8.33. The predicted octanol–water partition coefficient (Wildman–Crippen LogP) is 1.87. The van der Waals surface area contributed by atoms with Gasteiger partial charge in [-0.3, -0.25) is 4.90 Å². The van der Waals surface area contributed by atoms with Crippen molar-refractivity contribution < 1.29 is 9.84 Å². The third-order valence-corrected chi connectivity index (χ3v) is 3.69. The Labute approximate surface area is 124 Å². The van der Waals surface area contributed by atoms with E-state index in [-0.39, 0.29) is 6.10 Å². The van der Waals surface area contributed by atoms with Crippen LogP contribution in [0.25, 0.3) is 0 Å². The van der Waals surface area contributed by atoms with Gasteiger partial charge in [-0.1, -0.05) is 27.2 Å². The monoisotopic (exact) mass is 286 g/mol. The van der Waals surface area contributed by atoms with Crippen LogP contribution < -0.4 is 5.32 Å². The van der Waals surface area contributed by atoms with Crippen molar-refractivity contribution in [3.63, 3.8) is 0 Å². The van der Waals surface area contributed by atoms with Crippen LogP contribution in [-0.2, 0) is 4.74 Å². The van der Waals surface area contributed by atoms with Crippen molar-refractivity contribution in [1.29, 1.82) is 0 Å². The summed E-state index contributed by atoms with van der Waals surface area (Å²) >= 11 is 0. The van der Waals surface area contributed by atoms with Crippen molar-refractivity contribution in [3.8, 4) is 0 Å². The van der Waals surface area contributed by atoms with Crippen LogP contribution in [0.3, 0.4) is 0 Å². The molecule has 1 fully saturated rings. The molecule has 0 bridgehead atoms. The van der Waals surface area contributed by atoms with Gasteiger partial charge in [-0.15, -0.1) is 0 Å². The fourth-order valence-electron chi connectivity index (χ4n) is 2.78. The maximum Gasteiger partial charge on any atom is 0.0900 e. The van der Waals surface area contributed by atoms with E-state index in [2.05, 4.69) is 31.0 Å². The maximum absolute atomic E-state index is 10.1. The minimum atomic E-state index is -0.369. The number of ether oxygens (including phenoxy) is 1. The molecule has 0 aliphatic carbocycles. The highest BCUT2D eigenvalue weighted by atomic mass is 16.5. The van der Waals surface area contributed by atoms with Gasteiger partial charge in [0, 0.05) is 32.3 Å². The first-order chi connectivity index (χ1) is 9.61. The number of aliphatic hydroxyl groups excluding tert-OH is 1. The summed E-state index contributed by atoms with van der Waals surface area (Å²) in [4.78, 5) is 2.39. The lowest BCUT2D eigenvalue weighted by atomic mass is 10.1. The van der Waals surface area contributed by atoms with Crippen LogP contribution in [0.2, 0.25) is 0 Å². The van der Waals surface area contributed by atoms with E-state index >= 15 is 0 Å². The molecule has 120 valence electrons. The second kappa shape index (κ2) is 10.6. The summed E-state index contributed by atoms with van der Waals surface area (Å²) in [7, 11) is 0. The molecule has 20 heavy (non-hydrogen) atoms. The lowest BCUT2D eigenvalue weighted by Crippen LogP contribution is -2.43. The summed E-state index contributed by atoms with van der Waals surface area (Å²) in [5.74, 6) is 0.629. The van der Waals surface area contributed by atoms with Crippen molar-refractivity contribution >= 4 is 0 Å². The molecule has 1 aliphatic heterocycles. The number of hydrogen-bond acceptors (Lipinski definition) is 4. The summed E-state index contributed by atoms with van der Waals surface area (Å²) in [6.45, 7) is 11.8. The second-order valence-electron chi connectivity index (χ2n) is 6.49. The number of hydrogen-bond donors (Lipinski definition) is 2. The number of nitrogens with one attached hydrogen (secondary N) is 1. The van der Waals surface area contributed by atoms with Gasteiger partial charge in [0.15, 0.2) is 0 Å². The predicted molar refractivity (Wildman–Crippen MR) is 84.0 cm³/mol. The second-order valence-corrected chi connectivity index (χ2v) is 6.49. The van der Waals surface area contributed by atoms with Gasteiger partial charge in [-0.25, -0.2) is 0 Å². The van der Waals surface area contributed by atoms with E-state index < -0.39 is 0 Å². The SMILES string of the molecule is CCCCOCC(O)CN(CC(C)C)CC1CCCN1. The summed E-state index contributed by atoms with van der Waals surface area (Å²) in [6, 6.07) is 0.599. The van der Waals surface area contributed by atoms with Gasteiger partial charge in [0.2, 0.25) is 0 Å². The number of unbranched alkanes of at least 4 members (excludes halogenated alkanes) is 1. The lowest BCUT2D eigenvalue weighted by Gasteiger charge is -2.29. The molecule has 1 saturated heterocycles. The summed E-state index contributed by atoms with van der Waals surface area (Å²) in [5.41, 5.74) is 0. The van der Waals surface area contributed by atoms with E-state index in [1.165, 1.54) is 12.8 Å². The molecular weight excluding hydrogens is 252 g/mol. The smallest absolute Gasteiger partial charge is 0.0900 e. The van der Waals surface area contributed by atoms with Gasteiger partial charge >= 0.3 is 0 Å². The Bertz CT molecular complexity index is 231. The molecule has 4 heteroatoms. The van der Waals surface area contributed by atoms with Crippen molar-refractivity contribution in [2.45, 2.75) is 58.6 Å². The Morgan fingerprint density at radius 1 is 1.35 bits per heavy atom. The van der Waals surface area contributed by atoms with Crippen LogP contribution in [0.15, 0.2) is 0 Å². The standard InChI is InChI=1S/C16H34N2O2/c1-4-5-9-20-13-16(19)12-18(10-14(2)3)11-15-7-6-8-17-15/h14-17,19H,4-13H2,1-3H3. The molecule has 1 aliphatic rings. The number of nitrogens with zero attached hydrogens (tertiary/aromatic N) is 1. The molecule has 2 N–H and O–H groups in total. The van der Waals surface area contributed by atoms with Crippen LogP contribution in [-0.4, -0.2) is 61.5 Å². The zero-order chi connectivity index (χ0) is 14.8. The van der Waals surface area contributed by atoms with Crippen LogP contribution in [0.4, 0.5) is 0 Å². The van der Waals surface area contributed by atoms with Gasteiger partial charge in [0.1, 0.15) is 0 Å². The van der Waals surface area contributed by atoms with E-state index in [4.69, 9.17) is 4.74 Å². The Kier molecular flexibility index (Phi) is 9.44. The Hall–Kier alpha value is -0.160. The van der Waals surface area contributed by atoms with E-state index in [0.29, 0.717) is 18.6 Å². The fourth-order valence-corrected chi connectivity index (χ4v) is 2.78. The minimum Gasteiger partial charge on any atom is -0.389 e. The zero-order valence-corrected chi connectivity index (χ0v) is 13.6. The van der Waals surface area contributed by atoms with Crippen LogP contribution in [0.1, 0.15) is 46.5 Å². The highest BCUT2D eigenvalue weighted by Gasteiger charge is 2.20. The Morgan fingerprint density at radius 3 is 2.75 bits per heavy atom. The molecule has 0 aromatic heterocycles. The average Bonchev–Trinajstić information content (AvgIpc) is 2.86. The van der Waals surface area contributed by atoms with Gasteiger partial charge in [-0.05, 0) is 31.7 Å². The molecule has 0 aromatic rings. The van der Waals surface area contributed by atoms with Gasteiger partial charge in [-0.2, -0.15) is 0 Å². The molecule has 0 saturated carbocycles. The normalized spacial score (nSPS) is 21.0. The van der Waals surface area contributed by atoms with E-state index in [0.717, 1.165) is 45.6 Å². The van der Waals surface area contributed by atoms with Crippen LogP contribution in [0.5, 0.6) is 0 Å². The summed E-state index contributed by atoms with van der Waals surface area (Å²) < 4.78 is 5.52. The van der Waals surface area contributed by atoms with Crippen molar-refractivity contribution in [2.75, 3.05) is 39.4 Å². The van der Waals surface area contributed by atoms with E-state index in [9.17, 15) is 5.11 Å². The third-order valence-electron chi connectivity index (χ3n) is 3.69. The molecule has 2 unspecified atom stereocenters. The largest absolute Gasteiger partial charge is 0.389 e. The van der Waals surface area contributed by atoms with Crippen LogP contribution >= 0.6 is 0 Å². The molecule has 0 radical (unpaired) electrons. The number of aliphatic hydroxyl groups is 1. The maximum atomic E-state index is 10.1. The van der Waals surface area contributed by atoms with Crippen molar-refractivity contribution in [1.82, 2.24) is 10.2 Å². The Morgan fingerprint density at radius 2 is 2.15 bits per heavy atom. The first kappa shape index (κ1) is 17.9. The van der Waals surface area contributed by atoms with E-state index in [1.54, 1.807) is 0 Å². The fraction of sp³-hybridized carbons (Fsp3) is 1.00. The zero-order valence-electron chi connectivity index (χ0n) is 13.6. The molecule has 1 heterocycles. The Balaban J connectivity index is 2.26. The molecule has 4 nitrogen and oxygen atoms in total.